The zero-order chi connectivity index (χ0) is 17.1. The minimum atomic E-state index is -0.720. The van der Waals surface area contributed by atoms with Crippen LogP contribution in [0, 0.1) is 0 Å². The summed E-state index contributed by atoms with van der Waals surface area (Å²) in [7, 11) is 1.31. The zero-order valence-corrected chi connectivity index (χ0v) is 13.6. The first kappa shape index (κ1) is 15.9. The smallest absolute Gasteiger partial charge is 0.330 e. The van der Waals surface area contributed by atoms with Crippen molar-refractivity contribution in [3.63, 3.8) is 0 Å². The number of benzene rings is 2. The fourth-order valence-electron chi connectivity index (χ4n) is 2.73. The first-order valence-electron chi connectivity index (χ1n) is 7.81. The molecule has 0 N–H and O–H groups in total. The minimum absolute atomic E-state index is 0.322. The van der Waals surface area contributed by atoms with Crippen molar-refractivity contribution in [2.24, 2.45) is 0 Å². The number of esters is 1. The molecule has 1 aromatic heterocycles. The number of fused-ring (bicyclic) bond motifs is 1. The van der Waals surface area contributed by atoms with E-state index >= 15 is 0 Å². The predicted molar refractivity (Wildman–Crippen MR) is 92.8 cm³/mol. The lowest BCUT2D eigenvalue weighted by molar-refractivity contribution is -0.145. The maximum Gasteiger partial charge on any atom is 0.330 e. The van der Waals surface area contributed by atoms with Crippen molar-refractivity contribution < 1.29 is 9.53 Å². The molecule has 0 aliphatic heterocycles. The second-order valence-corrected chi connectivity index (χ2v) is 5.51. The molecule has 122 valence electrons. The minimum Gasteiger partial charge on any atom is -0.467 e. The Labute approximate surface area is 139 Å². The van der Waals surface area contributed by atoms with Crippen molar-refractivity contribution in [2.45, 2.75) is 19.4 Å². The van der Waals surface area contributed by atoms with Gasteiger partial charge in [-0.3, -0.25) is 4.79 Å². The van der Waals surface area contributed by atoms with Crippen molar-refractivity contribution in [3.05, 3.63) is 65.0 Å². The first-order chi connectivity index (χ1) is 11.6. The van der Waals surface area contributed by atoms with Gasteiger partial charge < -0.3 is 4.74 Å². The summed E-state index contributed by atoms with van der Waals surface area (Å²) in [6.45, 7) is 1.82. The molecule has 1 heterocycles. The molecular weight excluding hydrogens is 304 g/mol. The molecule has 3 rings (SSSR count). The second-order valence-electron chi connectivity index (χ2n) is 5.51. The van der Waals surface area contributed by atoms with E-state index in [1.807, 2.05) is 49.4 Å². The van der Waals surface area contributed by atoms with Gasteiger partial charge in [-0.05, 0) is 29.3 Å². The molecule has 0 aliphatic rings. The summed E-state index contributed by atoms with van der Waals surface area (Å²) in [6, 6.07) is 16.4. The van der Waals surface area contributed by atoms with E-state index in [0.29, 0.717) is 12.1 Å². The van der Waals surface area contributed by atoms with Crippen LogP contribution in [0.4, 0.5) is 0 Å². The largest absolute Gasteiger partial charge is 0.467 e. The Morgan fingerprint density at radius 2 is 1.88 bits per heavy atom. The average molecular weight is 322 g/mol. The summed E-state index contributed by atoms with van der Waals surface area (Å²) < 4.78 is 5.98. The van der Waals surface area contributed by atoms with E-state index < -0.39 is 12.0 Å². The third-order valence-corrected chi connectivity index (χ3v) is 4.03. The second kappa shape index (κ2) is 6.66. The Morgan fingerprint density at radius 1 is 1.12 bits per heavy atom. The molecule has 0 saturated heterocycles. The molecule has 0 aliphatic carbocycles. The van der Waals surface area contributed by atoms with Crippen molar-refractivity contribution >= 4 is 16.7 Å². The number of hydrogen-bond donors (Lipinski definition) is 0. The fraction of sp³-hybridized carbons (Fsp3) is 0.211. The highest BCUT2D eigenvalue weighted by Gasteiger charge is 2.21. The molecule has 0 bridgehead atoms. The third kappa shape index (κ3) is 2.93. The van der Waals surface area contributed by atoms with Crippen LogP contribution in [0.3, 0.4) is 0 Å². The van der Waals surface area contributed by atoms with Crippen LogP contribution in [0.5, 0.6) is 0 Å². The van der Waals surface area contributed by atoms with E-state index in [0.717, 1.165) is 16.3 Å². The predicted octanol–water partition coefficient (Wildman–Crippen LogP) is 3.19. The lowest BCUT2D eigenvalue weighted by Crippen LogP contribution is -2.32. The van der Waals surface area contributed by atoms with Gasteiger partial charge in [-0.2, -0.15) is 5.10 Å². The Kier molecular flexibility index (Phi) is 4.42. The quantitative estimate of drug-likeness (QED) is 0.692. The summed E-state index contributed by atoms with van der Waals surface area (Å²) in [6.07, 6.45) is 0.431. The Balaban J connectivity index is 2.09. The van der Waals surface area contributed by atoms with Gasteiger partial charge in [-0.1, -0.05) is 43.3 Å². The van der Waals surface area contributed by atoms with Gasteiger partial charge in [0.15, 0.2) is 6.04 Å². The van der Waals surface area contributed by atoms with Crippen molar-refractivity contribution in [1.29, 1.82) is 0 Å². The molecule has 1 unspecified atom stereocenters. The lowest BCUT2D eigenvalue weighted by Gasteiger charge is -2.15. The van der Waals surface area contributed by atoms with Gasteiger partial charge in [0.05, 0.1) is 12.8 Å². The maximum atomic E-state index is 12.1. The molecule has 0 radical (unpaired) electrons. The topological polar surface area (TPSA) is 61.2 Å². The Morgan fingerprint density at radius 3 is 2.58 bits per heavy atom. The monoisotopic (exact) mass is 322 g/mol. The molecule has 24 heavy (non-hydrogen) atoms. The number of rotatable bonds is 4. The summed E-state index contributed by atoms with van der Waals surface area (Å²) in [5, 5.41) is 6.62. The van der Waals surface area contributed by atoms with Crippen molar-refractivity contribution in [2.75, 3.05) is 7.11 Å². The van der Waals surface area contributed by atoms with Gasteiger partial charge in [0, 0.05) is 11.6 Å². The highest BCUT2D eigenvalue weighted by Crippen LogP contribution is 2.23. The van der Waals surface area contributed by atoms with Crippen molar-refractivity contribution in [1.82, 2.24) is 9.78 Å². The van der Waals surface area contributed by atoms with E-state index in [1.54, 1.807) is 6.07 Å². The van der Waals surface area contributed by atoms with Crippen LogP contribution in [-0.4, -0.2) is 22.9 Å². The number of ether oxygens (including phenoxy) is 1. The van der Waals surface area contributed by atoms with E-state index in [4.69, 9.17) is 4.74 Å². The van der Waals surface area contributed by atoms with Crippen LogP contribution in [0.25, 0.3) is 22.0 Å². The maximum absolute atomic E-state index is 12.1. The number of methoxy groups -OCH3 is 1. The molecule has 3 aromatic rings. The molecule has 5 nitrogen and oxygen atoms in total. The van der Waals surface area contributed by atoms with E-state index in [1.165, 1.54) is 17.9 Å². The molecule has 0 amide bonds. The number of aromatic nitrogens is 2. The number of carbonyl (C=O) groups excluding carboxylic acids is 1. The normalized spacial score (nSPS) is 12.1. The van der Waals surface area contributed by atoms with Crippen molar-refractivity contribution in [3.8, 4) is 11.3 Å². The van der Waals surface area contributed by atoms with Crippen LogP contribution in [0.2, 0.25) is 0 Å². The number of carbonyl (C=O) groups is 1. The molecule has 0 spiro atoms. The standard InChI is InChI=1S/C19H18N2O3/c1-3-17(19(23)24-2)21-18(22)11-10-16(20-21)15-9-8-13-6-4-5-7-14(13)12-15/h4-12,17H,3H2,1-2H3. The van der Waals surface area contributed by atoms with E-state index in [9.17, 15) is 9.59 Å². The summed E-state index contributed by atoms with van der Waals surface area (Å²) in [5.74, 6) is -0.470. The van der Waals surface area contributed by atoms with Gasteiger partial charge in [0.25, 0.3) is 5.56 Å². The highest BCUT2D eigenvalue weighted by atomic mass is 16.5. The molecule has 1 atom stereocenters. The summed E-state index contributed by atoms with van der Waals surface area (Å²) >= 11 is 0. The molecule has 0 saturated carbocycles. The average Bonchev–Trinajstić information content (AvgIpc) is 2.63. The Hall–Kier alpha value is -2.95. The van der Waals surface area contributed by atoms with Crippen LogP contribution in [0.1, 0.15) is 19.4 Å². The molecule has 5 heteroatoms. The SMILES string of the molecule is CCC(C(=O)OC)n1nc(-c2ccc3ccccc3c2)ccc1=O. The van der Waals surface area contributed by atoms with Gasteiger partial charge in [-0.15, -0.1) is 0 Å². The van der Waals surface area contributed by atoms with Gasteiger partial charge in [0.1, 0.15) is 0 Å². The van der Waals surface area contributed by atoms with Crippen LogP contribution in [-0.2, 0) is 9.53 Å². The Bertz CT molecular complexity index is 946. The van der Waals surface area contributed by atoms with Gasteiger partial charge in [-0.25, -0.2) is 9.48 Å². The molecular formula is C19H18N2O3. The molecule has 0 fully saturated rings. The first-order valence-corrected chi connectivity index (χ1v) is 7.81. The number of nitrogens with zero attached hydrogens (tertiary/aromatic N) is 2. The summed E-state index contributed by atoms with van der Waals surface area (Å²) in [4.78, 5) is 24.0. The van der Waals surface area contributed by atoms with Gasteiger partial charge in [0.2, 0.25) is 0 Å². The van der Waals surface area contributed by atoms with E-state index in [-0.39, 0.29) is 5.56 Å². The lowest BCUT2D eigenvalue weighted by atomic mass is 10.1. The fourth-order valence-corrected chi connectivity index (χ4v) is 2.73. The van der Waals surface area contributed by atoms with Crippen LogP contribution >= 0.6 is 0 Å². The van der Waals surface area contributed by atoms with Crippen LogP contribution in [0.15, 0.2) is 59.4 Å². The molecule has 2 aromatic carbocycles. The third-order valence-electron chi connectivity index (χ3n) is 4.03. The summed E-state index contributed by atoms with van der Waals surface area (Å²) in [5.41, 5.74) is 1.21. The van der Waals surface area contributed by atoms with Crippen LogP contribution < -0.4 is 5.56 Å². The van der Waals surface area contributed by atoms with Gasteiger partial charge >= 0.3 is 5.97 Å². The van der Waals surface area contributed by atoms with E-state index in [2.05, 4.69) is 5.10 Å². The number of hydrogen-bond acceptors (Lipinski definition) is 4. The zero-order valence-electron chi connectivity index (χ0n) is 13.6. The highest BCUT2D eigenvalue weighted by molar-refractivity contribution is 5.86.